The highest BCUT2D eigenvalue weighted by Crippen LogP contribution is 2.42. The molecule has 29 heavy (non-hydrogen) atoms. The molecule has 1 fully saturated rings. The van der Waals surface area contributed by atoms with E-state index in [1.54, 1.807) is 44.4 Å². The lowest BCUT2D eigenvalue weighted by molar-refractivity contribution is -0.120. The van der Waals surface area contributed by atoms with Crippen LogP contribution in [-0.2, 0) is 20.2 Å². The molecule has 0 bridgehead atoms. The molecule has 2 N–H and O–H groups in total. The van der Waals surface area contributed by atoms with E-state index >= 15 is 0 Å². The predicted molar refractivity (Wildman–Crippen MR) is 115 cm³/mol. The molecule has 0 radical (unpaired) electrons. The van der Waals surface area contributed by atoms with Crippen molar-refractivity contribution in [3.63, 3.8) is 0 Å². The minimum Gasteiger partial charge on any atom is -0.496 e. The second-order valence-corrected chi connectivity index (χ2v) is 10.4. The summed E-state index contributed by atoms with van der Waals surface area (Å²) in [6.45, 7) is 3.84. The number of nitrogens with one attached hydrogen (secondary N) is 2. The summed E-state index contributed by atoms with van der Waals surface area (Å²) in [4.78, 5) is 13.8. The molecule has 0 atom stereocenters. The Morgan fingerprint density at radius 2 is 1.86 bits per heavy atom. The number of amides is 1. The first-order chi connectivity index (χ1) is 13.8. The van der Waals surface area contributed by atoms with Crippen molar-refractivity contribution in [1.29, 1.82) is 0 Å². The quantitative estimate of drug-likeness (QED) is 0.665. The number of hydrogen-bond acceptors (Lipinski definition) is 5. The van der Waals surface area contributed by atoms with Crippen molar-refractivity contribution in [1.82, 2.24) is 10.0 Å². The van der Waals surface area contributed by atoms with Crippen molar-refractivity contribution >= 4 is 27.3 Å². The van der Waals surface area contributed by atoms with Crippen molar-refractivity contribution in [3.8, 4) is 5.75 Å². The van der Waals surface area contributed by atoms with Gasteiger partial charge in [0.1, 0.15) is 5.75 Å². The van der Waals surface area contributed by atoms with Gasteiger partial charge in [-0.2, -0.15) is 0 Å². The van der Waals surface area contributed by atoms with E-state index in [0.717, 1.165) is 36.8 Å². The number of carbonyl (C=O) groups excluding carboxylic acids is 1. The van der Waals surface area contributed by atoms with Gasteiger partial charge < -0.3 is 10.1 Å². The van der Waals surface area contributed by atoms with Gasteiger partial charge in [-0.3, -0.25) is 4.79 Å². The highest BCUT2D eigenvalue weighted by molar-refractivity contribution is 7.89. The van der Waals surface area contributed by atoms with Crippen LogP contribution in [0, 0.1) is 13.8 Å². The Morgan fingerprint density at radius 3 is 2.41 bits per heavy atom. The van der Waals surface area contributed by atoms with Gasteiger partial charge in [0.2, 0.25) is 15.9 Å². The fourth-order valence-electron chi connectivity index (χ4n) is 4.10. The van der Waals surface area contributed by atoms with Crippen molar-refractivity contribution in [2.24, 2.45) is 0 Å². The topological polar surface area (TPSA) is 84.5 Å². The van der Waals surface area contributed by atoms with Crippen LogP contribution in [0.5, 0.6) is 5.75 Å². The highest BCUT2D eigenvalue weighted by atomic mass is 32.2. The molecule has 1 aromatic carbocycles. The molecule has 1 aromatic heterocycles. The van der Waals surface area contributed by atoms with Crippen molar-refractivity contribution in [3.05, 3.63) is 45.6 Å². The van der Waals surface area contributed by atoms with Crippen LogP contribution in [0.1, 0.15) is 41.7 Å². The molecule has 2 aromatic rings. The van der Waals surface area contributed by atoms with Crippen LogP contribution >= 0.6 is 11.3 Å². The first-order valence-electron chi connectivity index (χ1n) is 9.73. The van der Waals surface area contributed by atoms with Crippen LogP contribution in [-0.4, -0.2) is 34.5 Å². The zero-order valence-electron chi connectivity index (χ0n) is 17.1. The SMILES string of the molecule is COc1c(C)cc(S(=O)(=O)NCC(=O)NCC2(c3cccs3)CCCC2)cc1C. The second-order valence-electron chi connectivity index (χ2n) is 7.66. The van der Waals surface area contributed by atoms with E-state index in [0.29, 0.717) is 12.3 Å². The largest absolute Gasteiger partial charge is 0.496 e. The molecule has 1 aliphatic rings. The van der Waals surface area contributed by atoms with Gasteiger partial charge in [-0.25, -0.2) is 13.1 Å². The smallest absolute Gasteiger partial charge is 0.241 e. The summed E-state index contributed by atoms with van der Waals surface area (Å²) < 4.78 is 32.9. The van der Waals surface area contributed by atoms with Gasteiger partial charge in [-0.05, 0) is 61.4 Å². The zero-order valence-corrected chi connectivity index (χ0v) is 18.7. The number of hydrogen-bond donors (Lipinski definition) is 2. The summed E-state index contributed by atoms with van der Waals surface area (Å²) in [6, 6.07) is 7.26. The first kappa shape index (κ1) is 21.8. The Morgan fingerprint density at radius 1 is 1.21 bits per heavy atom. The Bertz CT molecular complexity index is 940. The van der Waals surface area contributed by atoms with Gasteiger partial charge in [0, 0.05) is 16.8 Å². The molecule has 8 heteroatoms. The van der Waals surface area contributed by atoms with Gasteiger partial charge in [0.05, 0.1) is 18.6 Å². The Hall–Kier alpha value is -1.90. The molecular weight excluding hydrogens is 408 g/mol. The number of carbonyl (C=O) groups is 1. The Kier molecular flexibility index (Phi) is 6.65. The molecule has 1 heterocycles. The van der Waals surface area contributed by atoms with E-state index < -0.39 is 10.0 Å². The number of methoxy groups -OCH3 is 1. The van der Waals surface area contributed by atoms with Crippen molar-refractivity contribution < 1.29 is 17.9 Å². The summed E-state index contributed by atoms with van der Waals surface area (Å²) in [5, 5.41) is 5.00. The van der Waals surface area contributed by atoms with E-state index in [1.165, 1.54) is 4.88 Å². The summed E-state index contributed by atoms with van der Waals surface area (Å²) in [6.07, 6.45) is 4.39. The third-order valence-electron chi connectivity index (χ3n) is 5.60. The molecule has 3 rings (SSSR count). The van der Waals surface area contributed by atoms with Gasteiger partial charge in [-0.1, -0.05) is 18.9 Å². The molecule has 6 nitrogen and oxygen atoms in total. The maximum atomic E-state index is 12.6. The molecular formula is C21H28N2O4S2. The molecule has 1 aliphatic carbocycles. The van der Waals surface area contributed by atoms with Crippen molar-refractivity contribution in [2.45, 2.75) is 49.8 Å². The molecule has 0 aliphatic heterocycles. The third kappa shape index (κ3) is 4.82. The predicted octanol–water partition coefficient (Wildman–Crippen LogP) is 3.28. The maximum absolute atomic E-state index is 12.6. The fourth-order valence-corrected chi connectivity index (χ4v) is 6.24. The number of ether oxygens (including phenoxy) is 1. The summed E-state index contributed by atoms with van der Waals surface area (Å²) in [5.74, 6) is 0.343. The lowest BCUT2D eigenvalue weighted by Gasteiger charge is -2.28. The normalized spacial score (nSPS) is 16.0. The Balaban J connectivity index is 1.61. The van der Waals surface area contributed by atoms with E-state index in [4.69, 9.17) is 4.74 Å². The molecule has 0 spiro atoms. The number of aryl methyl sites for hydroxylation is 2. The Labute approximate surface area is 176 Å². The highest BCUT2D eigenvalue weighted by Gasteiger charge is 2.36. The summed E-state index contributed by atoms with van der Waals surface area (Å²) in [5.41, 5.74) is 1.44. The van der Waals surface area contributed by atoms with Crippen LogP contribution in [0.3, 0.4) is 0 Å². The number of rotatable bonds is 8. The van der Waals surface area contributed by atoms with Crippen LogP contribution < -0.4 is 14.8 Å². The van der Waals surface area contributed by atoms with Gasteiger partial charge in [0.25, 0.3) is 0 Å². The number of benzene rings is 1. The zero-order chi connectivity index (χ0) is 21.1. The number of thiophene rings is 1. The lowest BCUT2D eigenvalue weighted by atomic mass is 9.84. The van der Waals surface area contributed by atoms with E-state index in [9.17, 15) is 13.2 Å². The average molecular weight is 437 g/mol. The van der Waals surface area contributed by atoms with E-state index in [-0.39, 0.29) is 22.8 Å². The van der Waals surface area contributed by atoms with Crippen molar-refractivity contribution in [2.75, 3.05) is 20.2 Å². The van der Waals surface area contributed by atoms with Gasteiger partial charge in [-0.15, -0.1) is 11.3 Å². The van der Waals surface area contributed by atoms with Crippen LogP contribution in [0.25, 0.3) is 0 Å². The molecule has 1 saturated carbocycles. The van der Waals surface area contributed by atoms with Gasteiger partial charge >= 0.3 is 0 Å². The third-order valence-corrected chi connectivity index (χ3v) is 8.10. The van der Waals surface area contributed by atoms with Crippen LogP contribution in [0.2, 0.25) is 0 Å². The summed E-state index contributed by atoms with van der Waals surface area (Å²) in [7, 11) is -2.23. The average Bonchev–Trinajstić information content (AvgIpc) is 3.37. The van der Waals surface area contributed by atoms with E-state index in [2.05, 4.69) is 21.5 Å². The van der Waals surface area contributed by atoms with Crippen LogP contribution in [0.15, 0.2) is 34.5 Å². The standard InChI is InChI=1S/C21H28N2O4S2/c1-15-11-17(12-16(2)20(15)27-3)29(25,26)23-13-19(24)22-14-21(8-4-5-9-21)18-7-6-10-28-18/h6-7,10-12,23H,4-5,8-9,13-14H2,1-3H3,(H,22,24). The maximum Gasteiger partial charge on any atom is 0.241 e. The molecule has 0 saturated heterocycles. The molecule has 1 amide bonds. The van der Waals surface area contributed by atoms with Gasteiger partial charge in [0.15, 0.2) is 0 Å². The number of sulfonamides is 1. The first-order valence-corrected chi connectivity index (χ1v) is 12.1. The fraction of sp³-hybridized carbons (Fsp3) is 0.476. The minimum absolute atomic E-state index is 0.0209. The van der Waals surface area contributed by atoms with E-state index in [1.807, 2.05) is 6.07 Å². The van der Waals surface area contributed by atoms with Crippen LogP contribution in [0.4, 0.5) is 0 Å². The monoisotopic (exact) mass is 436 g/mol. The minimum atomic E-state index is -3.79. The molecule has 158 valence electrons. The lowest BCUT2D eigenvalue weighted by Crippen LogP contribution is -2.43. The molecule has 0 unspecified atom stereocenters. The summed E-state index contributed by atoms with van der Waals surface area (Å²) >= 11 is 1.72. The second kappa shape index (κ2) is 8.85.